The lowest BCUT2D eigenvalue weighted by molar-refractivity contribution is 0.0518. The molecule has 3 heteroatoms. The molecule has 2 rings (SSSR count). The predicted molar refractivity (Wildman–Crippen MR) is 86.8 cm³/mol. The van der Waals surface area contributed by atoms with Crippen molar-refractivity contribution in [3.05, 3.63) is 29.8 Å². The molecular formula is C18H29NO2. The van der Waals surface area contributed by atoms with Crippen molar-refractivity contribution in [3.8, 4) is 5.75 Å². The predicted octanol–water partition coefficient (Wildman–Crippen LogP) is 3.94. The Morgan fingerprint density at radius 3 is 2.71 bits per heavy atom. The van der Waals surface area contributed by atoms with E-state index in [-0.39, 0.29) is 5.60 Å². The maximum atomic E-state index is 6.10. The summed E-state index contributed by atoms with van der Waals surface area (Å²) in [6, 6.07) is 9.03. The van der Waals surface area contributed by atoms with Crippen LogP contribution in [0.3, 0.4) is 0 Å². The largest absolute Gasteiger partial charge is 0.487 e. The Kier molecular flexibility index (Phi) is 5.28. The number of nitrogens with one attached hydrogen (secondary N) is 1. The van der Waals surface area contributed by atoms with Gasteiger partial charge in [-0.1, -0.05) is 32.0 Å². The highest BCUT2D eigenvalue weighted by Gasteiger charge is 2.34. The third kappa shape index (κ3) is 4.21. The van der Waals surface area contributed by atoms with Crippen molar-refractivity contribution in [2.75, 3.05) is 13.2 Å². The molecule has 1 N–H and O–H groups in total. The number of hydrogen-bond donors (Lipinski definition) is 1. The number of hydrogen-bond acceptors (Lipinski definition) is 3. The van der Waals surface area contributed by atoms with Crippen LogP contribution in [-0.2, 0) is 4.74 Å². The van der Waals surface area contributed by atoms with Crippen LogP contribution >= 0.6 is 0 Å². The van der Waals surface area contributed by atoms with E-state index in [2.05, 4.69) is 51.2 Å². The van der Waals surface area contributed by atoms with E-state index in [0.29, 0.717) is 18.0 Å². The summed E-state index contributed by atoms with van der Waals surface area (Å²) in [6.45, 7) is 12.4. The quantitative estimate of drug-likeness (QED) is 0.861. The molecule has 1 aromatic rings. The molecule has 3 nitrogen and oxygen atoms in total. The molecule has 0 fully saturated rings. The number of para-hydroxylation sites is 1. The van der Waals surface area contributed by atoms with E-state index in [1.165, 1.54) is 5.56 Å². The number of fused-ring (bicyclic) bond motifs is 1. The van der Waals surface area contributed by atoms with Gasteiger partial charge in [0.25, 0.3) is 0 Å². The molecule has 118 valence electrons. The first-order valence-electron chi connectivity index (χ1n) is 8.04. The first-order valence-corrected chi connectivity index (χ1v) is 8.04. The average molecular weight is 291 g/mol. The lowest BCUT2D eigenvalue weighted by Crippen LogP contribution is -2.46. The smallest absolute Gasteiger partial charge is 0.124 e. The summed E-state index contributed by atoms with van der Waals surface area (Å²) >= 11 is 0. The van der Waals surface area contributed by atoms with E-state index in [0.717, 1.165) is 25.4 Å². The van der Waals surface area contributed by atoms with Crippen molar-refractivity contribution in [1.29, 1.82) is 0 Å². The zero-order valence-corrected chi connectivity index (χ0v) is 14.0. The van der Waals surface area contributed by atoms with Gasteiger partial charge in [0.15, 0.2) is 0 Å². The standard InChI is InChI=1S/C18H29NO2/c1-6-20-12-16(13(2)3)19-15-11-18(4,5)21-17-10-8-7-9-14(15)17/h7-10,13,15-16,19H,6,11-12H2,1-5H3. The van der Waals surface area contributed by atoms with E-state index in [1.54, 1.807) is 0 Å². The Morgan fingerprint density at radius 2 is 2.05 bits per heavy atom. The molecule has 0 spiro atoms. The summed E-state index contributed by atoms with van der Waals surface area (Å²) in [5.41, 5.74) is 1.12. The molecule has 2 unspecified atom stereocenters. The van der Waals surface area contributed by atoms with Crippen LogP contribution in [0.2, 0.25) is 0 Å². The van der Waals surface area contributed by atoms with Gasteiger partial charge in [-0.05, 0) is 32.8 Å². The molecule has 1 aliphatic rings. The normalized spacial score (nSPS) is 21.7. The SMILES string of the molecule is CCOCC(NC1CC(C)(C)Oc2ccccc21)C(C)C. The highest BCUT2D eigenvalue weighted by Crippen LogP contribution is 2.39. The number of benzene rings is 1. The maximum Gasteiger partial charge on any atom is 0.124 e. The average Bonchev–Trinajstić information content (AvgIpc) is 2.41. The fourth-order valence-corrected chi connectivity index (χ4v) is 2.89. The molecule has 0 aliphatic carbocycles. The van der Waals surface area contributed by atoms with Crippen LogP contribution in [0, 0.1) is 5.92 Å². The van der Waals surface area contributed by atoms with Gasteiger partial charge in [0.2, 0.25) is 0 Å². The zero-order chi connectivity index (χ0) is 15.5. The van der Waals surface area contributed by atoms with Gasteiger partial charge in [0.05, 0.1) is 6.61 Å². The van der Waals surface area contributed by atoms with E-state index >= 15 is 0 Å². The monoisotopic (exact) mass is 291 g/mol. The van der Waals surface area contributed by atoms with Crippen molar-refractivity contribution >= 4 is 0 Å². The third-order valence-electron chi connectivity index (χ3n) is 4.10. The second-order valence-corrected chi connectivity index (χ2v) is 6.83. The van der Waals surface area contributed by atoms with Gasteiger partial charge >= 0.3 is 0 Å². The van der Waals surface area contributed by atoms with E-state index in [1.807, 2.05) is 13.0 Å². The first kappa shape index (κ1) is 16.3. The van der Waals surface area contributed by atoms with Crippen LogP contribution < -0.4 is 10.1 Å². The van der Waals surface area contributed by atoms with Gasteiger partial charge in [-0.2, -0.15) is 0 Å². The lowest BCUT2D eigenvalue weighted by Gasteiger charge is -2.40. The molecule has 1 aliphatic heterocycles. The Hall–Kier alpha value is -1.06. The van der Waals surface area contributed by atoms with E-state index in [9.17, 15) is 0 Å². The minimum atomic E-state index is -0.140. The summed E-state index contributed by atoms with van der Waals surface area (Å²) in [4.78, 5) is 0. The van der Waals surface area contributed by atoms with Crippen LogP contribution in [0.25, 0.3) is 0 Å². The van der Waals surface area contributed by atoms with Gasteiger partial charge in [-0.3, -0.25) is 0 Å². The van der Waals surface area contributed by atoms with Gasteiger partial charge in [-0.15, -0.1) is 0 Å². The van der Waals surface area contributed by atoms with Crippen LogP contribution in [0.5, 0.6) is 5.75 Å². The Morgan fingerprint density at radius 1 is 1.33 bits per heavy atom. The van der Waals surface area contributed by atoms with E-state index in [4.69, 9.17) is 9.47 Å². The topological polar surface area (TPSA) is 30.5 Å². The molecular weight excluding hydrogens is 262 g/mol. The summed E-state index contributed by atoms with van der Waals surface area (Å²) in [7, 11) is 0. The van der Waals surface area contributed by atoms with Crippen molar-refractivity contribution in [3.63, 3.8) is 0 Å². The van der Waals surface area contributed by atoms with Crippen molar-refractivity contribution < 1.29 is 9.47 Å². The second-order valence-electron chi connectivity index (χ2n) is 6.83. The Labute approximate surface area is 129 Å². The summed E-state index contributed by atoms with van der Waals surface area (Å²) in [5.74, 6) is 1.54. The Bertz CT molecular complexity index is 456. The Balaban J connectivity index is 2.17. The lowest BCUT2D eigenvalue weighted by atomic mass is 9.88. The highest BCUT2D eigenvalue weighted by atomic mass is 16.5. The van der Waals surface area contributed by atoms with Crippen molar-refractivity contribution in [1.82, 2.24) is 5.32 Å². The van der Waals surface area contributed by atoms with Crippen LogP contribution in [0.15, 0.2) is 24.3 Å². The summed E-state index contributed by atoms with van der Waals surface area (Å²) < 4.78 is 11.7. The van der Waals surface area contributed by atoms with Gasteiger partial charge in [0.1, 0.15) is 11.4 Å². The van der Waals surface area contributed by atoms with Crippen LogP contribution in [0.4, 0.5) is 0 Å². The van der Waals surface area contributed by atoms with E-state index < -0.39 is 0 Å². The highest BCUT2D eigenvalue weighted by molar-refractivity contribution is 5.38. The molecule has 0 aromatic heterocycles. The molecule has 0 saturated heterocycles. The number of rotatable bonds is 6. The molecule has 0 radical (unpaired) electrons. The van der Waals surface area contributed by atoms with Gasteiger partial charge in [-0.25, -0.2) is 0 Å². The molecule has 1 heterocycles. The maximum absolute atomic E-state index is 6.10. The minimum Gasteiger partial charge on any atom is -0.487 e. The molecule has 21 heavy (non-hydrogen) atoms. The van der Waals surface area contributed by atoms with Crippen molar-refractivity contribution in [2.24, 2.45) is 5.92 Å². The zero-order valence-electron chi connectivity index (χ0n) is 14.0. The fraction of sp³-hybridized carbons (Fsp3) is 0.667. The number of ether oxygens (including phenoxy) is 2. The molecule has 0 bridgehead atoms. The first-order chi connectivity index (χ1) is 9.93. The summed E-state index contributed by atoms with van der Waals surface area (Å²) in [6.07, 6.45) is 0.972. The van der Waals surface area contributed by atoms with Crippen LogP contribution in [0.1, 0.15) is 52.6 Å². The third-order valence-corrected chi connectivity index (χ3v) is 4.10. The summed E-state index contributed by atoms with van der Waals surface area (Å²) in [5, 5.41) is 3.80. The molecule has 1 aromatic carbocycles. The molecule has 2 atom stereocenters. The minimum absolute atomic E-state index is 0.140. The van der Waals surface area contributed by atoms with Crippen molar-refractivity contribution in [2.45, 2.75) is 58.7 Å². The van der Waals surface area contributed by atoms with Gasteiger partial charge in [0, 0.05) is 30.7 Å². The second kappa shape index (κ2) is 6.80. The van der Waals surface area contributed by atoms with Crippen LogP contribution in [-0.4, -0.2) is 24.9 Å². The molecule has 0 saturated carbocycles. The fourth-order valence-electron chi connectivity index (χ4n) is 2.89. The molecule has 0 amide bonds. The van der Waals surface area contributed by atoms with Gasteiger partial charge < -0.3 is 14.8 Å².